The van der Waals surface area contributed by atoms with Crippen molar-refractivity contribution in [2.75, 3.05) is 27.9 Å². The van der Waals surface area contributed by atoms with E-state index in [1.807, 2.05) is 30.3 Å². The Kier molecular flexibility index (Phi) is 4.97. The first-order chi connectivity index (χ1) is 12.1. The van der Waals surface area contributed by atoms with Crippen molar-refractivity contribution in [3.8, 4) is 23.0 Å². The van der Waals surface area contributed by atoms with Gasteiger partial charge in [-0.25, -0.2) is 0 Å². The van der Waals surface area contributed by atoms with Gasteiger partial charge in [-0.3, -0.25) is 4.79 Å². The summed E-state index contributed by atoms with van der Waals surface area (Å²) in [5.74, 6) is 2.47. The van der Waals surface area contributed by atoms with Crippen molar-refractivity contribution >= 4 is 5.91 Å². The van der Waals surface area contributed by atoms with E-state index in [1.54, 1.807) is 38.3 Å². The van der Waals surface area contributed by atoms with Gasteiger partial charge in [0.2, 0.25) is 6.10 Å². The van der Waals surface area contributed by atoms with Crippen molar-refractivity contribution < 1.29 is 23.7 Å². The predicted octanol–water partition coefficient (Wildman–Crippen LogP) is 2.50. The Morgan fingerprint density at radius 2 is 1.92 bits per heavy atom. The van der Waals surface area contributed by atoms with Crippen molar-refractivity contribution in [1.82, 2.24) is 4.90 Å². The molecular formula is C19H21NO5. The largest absolute Gasteiger partial charge is 0.497 e. The highest BCUT2D eigenvalue weighted by Gasteiger charge is 2.30. The van der Waals surface area contributed by atoms with Crippen LogP contribution >= 0.6 is 0 Å². The lowest BCUT2D eigenvalue weighted by Crippen LogP contribution is -2.44. The van der Waals surface area contributed by atoms with Crippen LogP contribution in [0.1, 0.15) is 5.56 Å². The molecule has 1 atom stereocenters. The Bertz CT molecular complexity index is 761. The second-order valence-corrected chi connectivity index (χ2v) is 5.74. The molecule has 2 aromatic carbocycles. The topological polar surface area (TPSA) is 57.2 Å². The third kappa shape index (κ3) is 3.63. The Balaban J connectivity index is 1.69. The first-order valence-electron chi connectivity index (χ1n) is 7.96. The van der Waals surface area contributed by atoms with Gasteiger partial charge in [-0.1, -0.05) is 12.1 Å². The molecule has 1 amide bonds. The minimum atomic E-state index is -0.663. The summed E-state index contributed by atoms with van der Waals surface area (Å²) in [6, 6.07) is 12.8. The maximum atomic E-state index is 12.7. The zero-order chi connectivity index (χ0) is 17.8. The predicted molar refractivity (Wildman–Crippen MR) is 92.4 cm³/mol. The molecule has 0 saturated carbocycles. The van der Waals surface area contributed by atoms with Crippen LogP contribution in [0.3, 0.4) is 0 Å². The fourth-order valence-corrected chi connectivity index (χ4v) is 2.70. The van der Waals surface area contributed by atoms with Crippen molar-refractivity contribution in [1.29, 1.82) is 0 Å². The van der Waals surface area contributed by atoms with Crippen molar-refractivity contribution in [2.45, 2.75) is 12.6 Å². The number of likely N-dealkylation sites (N-methyl/N-ethyl adjacent to an activating group) is 1. The number of benzene rings is 2. The fourth-order valence-electron chi connectivity index (χ4n) is 2.70. The molecule has 0 radical (unpaired) electrons. The van der Waals surface area contributed by atoms with Crippen LogP contribution in [0.4, 0.5) is 0 Å². The number of carbonyl (C=O) groups excluding carboxylic acids is 1. The molecule has 3 rings (SSSR count). The molecule has 1 aliphatic rings. The zero-order valence-corrected chi connectivity index (χ0v) is 14.5. The maximum Gasteiger partial charge on any atom is 0.267 e. The Morgan fingerprint density at radius 3 is 2.64 bits per heavy atom. The van der Waals surface area contributed by atoms with E-state index >= 15 is 0 Å². The number of hydrogen-bond acceptors (Lipinski definition) is 5. The maximum absolute atomic E-state index is 12.7. The second kappa shape index (κ2) is 7.34. The van der Waals surface area contributed by atoms with Gasteiger partial charge < -0.3 is 23.8 Å². The van der Waals surface area contributed by atoms with Crippen LogP contribution in [0.25, 0.3) is 0 Å². The number of methoxy groups -OCH3 is 2. The summed E-state index contributed by atoms with van der Waals surface area (Å²) in [4.78, 5) is 14.3. The summed E-state index contributed by atoms with van der Waals surface area (Å²) >= 11 is 0. The van der Waals surface area contributed by atoms with Crippen molar-refractivity contribution in [3.05, 3.63) is 48.0 Å². The number of carbonyl (C=O) groups is 1. The highest BCUT2D eigenvalue weighted by atomic mass is 16.6. The average molecular weight is 343 g/mol. The monoisotopic (exact) mass is 343 g/mol. The highest BCUT2D eigenvalue weighted by molar-refractivity contribution is 5.81. The van der Waals surface area contributed by atoms with Crippen LogP contribution in [-0.2, 0) is 11.3 Å². The SMILES string of the molecule is COc1ccc(CN(C)C(=O)C2COc3ccccc3O2)c(OC)c1. The zero-order valence-electron chi connectivity index (χ0n) is 14.5. The van der Waals surface area contributed by atoms with Gasteiger partial charge in [-0.15, -0.1) is 0 Å². The smallest absolute Gasteiger partial charge is 0.267 e. The molecule has 1 aliphatic heterocycles. The van der Waals surface area contributed by atoms with E-state index in [1.165, 1.54) is 0 Å². The Morgan fingerprint density at radius 1 is 1.16 bits per heavy atom. The normalized spacial score (nSPS) is 15.4. The van der Waals surface area contributed by atoms with Crippen LogP contribution in [0, 0.1) is 0 Å². The first-order valence-corrected chi connectivity index (χ1v) is 7.96. The third-order valence-electron chi connectivity index (χ3n) is 4.06. The molecule has 25 heavy (non-hydrogen) atoms. The lowest BCUT2D eigenvalue weighted by atomic mass is 10.1. The summed E-state index contributed by atoms with van der Waals surface area (Å²) in [5, 5.41) is 0. The third-order valence-corrected chi connectivity index (χ3v) is 4.06. The van der Waals surface area contributed by atoms with E-state index in [-0.39, 0.29) is 12.5 Å². The summed E-state index contributed by atoms with van der Waals surface area (Å²) in [6.45, 7) is 0.591. The van der Waals surface area contributed by atoms with E-state index in [9.17, 15) is 4.79 Å². The van der Waals surface area contributed by atoms with Gasteiger partial charge >= 0.3 is 0 Å². The second-order valence-electron chi connectivity index (χ2n) is 5.74. The molecule has 0 saturated heterocycles. The van der Waals surface area contributed by atoms with Gasteiger partial charge in [0.05, 0.1) is 14.2 Å². The molecule has 0 bridgehead atoms. The number of para-hydroxylation sites is 2. The molecule has 1 unspecified atom stereocenters. The van der Waals surface area contributed by atoms with Gasteiger partial charge in [0.1, 0.15) is 18.1 Å². The van der Waals surface area contributed by atoms with E-state index in [0.29, 0.717) is 29.5 Å². The quantitative estimate of drug-likeness (QED) is 0.835. The standard InChI is InChI=1S/C19H21NO5/c1-20(11-13-8-9-14(22-2)10-17(13)23-3)19(21)18-12-24-15-6-4-5-7-16(15)25-18/h4-10,18H,11-12H2,1-3H3. The lowest BCUT2D eigenvalue weighted by molar-refractivity contribution is -0.140. The van der Waals surface area contributed by atoms with Crippen molar-refractivity contribution in [2.24, 2.45) is 0 Å². The van der Waals surface area contributed by atoms with Crippen LogP contribution in [0.5, 0.6) is 23.0 Å². The number of nitrogens with zero attached hydrogens (tertiary/aromatic N) is 1. The van der Waals surface area contributed by atoms with Crippen LogP contribution in [0.2, 0.25) is 0 Å². The molecule has 6 heteroatoms. The Hall–Kier alpha value is -2.89. The van der Waals surface area contributed by atoms with Crippen LogP contribution in [-0.4, -0.2) is 44.8 Å². The van der Waals surface area contributed by atoms with Gasteiger partial charge in [0.25, 0.3) is 5.91 Å². The van der Waals surface area contributed by atoms with E-state index < -0.39 is 6.10 Å². The summed E-state index contributed by atoms with van der Waals surface area (Å²) < 4.78 is 22.0. The number of hydrogen-bond donors (Lipinski definition) is 0. The molecule has 1 heterocycles. The minimum Gasteiger partial charge on any atom is -0.497 e. The molecule has 0 aromatic heterocycles. The van der Waals surface area contributed by atoms with Gasteiger partial charge in [0, 0.05) is 25.2 Å². The molecule has 0 N–H and O–H groups in total. The van der Waals surface area contributed by atoms with Crippen LogP contribution < -0.4 is 18.9 Å². The fraction of sp³-hybridized carbons (Fsp3) is 0.316. The Labute approximate surface area is 146 Å². The van der Waals surface area contributed by atoms with E-state index in [4.69, 9.17) is 18.9 Å². The number of ether oxygens (including phenoxy) is 4. The molecule has 2 aromatic rings. The molecule has 6 nitrogen and oxygen atoms in total. The molecule has 132 valence electrons. The molecule has 0 aliphatic carbocycles. The highest BCUT2D eigenvalue weighted by Crippen LogP contribution is 2.31. The summed E-state index contributed by atoms with van der Waals surface area (Å²) in [5.41, 5.74) is 0.885. The molecule has 0 fully saturated rings. The lowest BCUT2D eigenvalue weighted by Gasteiger charge is -2.29. The molecular weight excluding hydrogens is 322 g/mol. The number of amides is 1. The summed E-state index contributed by atoms with van der Waals surface area (Å²) in [6.07, 6.45) is -0.663. The van der Waals surface area contributed by atoms with E-state index in [0.717, 1.165) is 5.56 Å². The van der Waals surface area contributed by atoms with Crippen molar-refractivity contribution in [3.63, 3.8) is 0 Å². The van der Waals surface area contributed by atoms with Gasteiger partial charge in [-0.2, -0.15) is 0 Å². The average Bonchev–Trinajstić information content (AvgIpc) is 2.67. The van der Waals surface area contributed by atoms with Gasteiger partial charge in [-0.05, 0) is 24.3 Å². The first kappa shape index (κ1) is 17.0. The van der Waals surface area contributed by atoms with Gasteiger partial charge in [0.15, 0.2) is 11.5 Å². The molecule has 0 spiro atoms. The number of rotatable bonds is 5. The minimum absolute atomic E-state index is 0.146. The number of fused-ring (bicyclic) bond motifs is 1. The van der Waals surface area contributed by atoms with E-state index in [2.05, 4.69) is 0 Å². The summed E-state index contributed by atoms with van der Waals surface area (Å²) in [7, 11) is 4.92. The van der Waals surface area contributed by atoms with Crippen LogP contribution in [0.15, 0.2) is 42.5 Å².